The average molecular weight is 269 g/mol. The minimum atomic E-state index is -0.737. The third-order valence-electron chi connectivity index (χ3n) is 4.05. The molecule has 1 saturated carbocycles. The highest BCUT2D eigenvalue weighted by atomic mass is 16.6. The Bertz CT molecular complexity index is 374. The van der Waals surface area contributed by atoms with Gasteiger partial charge in [-0.05, 0) is 51.9 Å². The average Bonchev–Trinajstić information content (AvgIpc) is 2.58. The highest BCUT2D eigenvalue weighted by molar-refractivity contribution is 5.69. The molecule has 0 spiro atoms. The van der Waals surface area contributed by atoms with Crippen molar-refractivity contribution in [3.63, 3.8) is 0 Å². The van der Waals surface area contributed by atoms with Crippen molar-refractivity contribution < 1.29 is 19.4 Å². The van der Waals surface area contributed by atoms with Crippen LogP contribution in [0.25, 0.3) is 0 Å². The molecule has 3 atom stereocenters. The summed E-state index contributed by atoms with van der Waals surface area (Å²) < 4.78 is 5.42. The van der Waals surface area contributed by atoms with Crippen LogP contribution in [0.5, 0.6) is 0 Å². The van der Waals surface area contributed by atoms with Crippen molar-refractivity contribution in [1.29, 1.82) is 0 Å². The Balaban J connectivity index is 1.97. The van der Waals surface area contributed by atoms with Crippen LogP contribution in [-0.2, 0) is 9.53 Å². The number of hydrogen-bond donors (Lipinski definition) is 1. The van der Waals surface area contributed by atoms with E-state index in [1.54, 1.807) is 4.90 Å². The number of amides is 1. The summed E-state index contributed by atoms with van der Waals surface area (Å²) in [5.41, 5.74) is -0.478. The molecule has 0 radical (unpaired) electrons. The lowest BCUT2D eigenvalue weighted by Gasteiger charge is -2.29. The molecule has 2 fully saturated rings. The molecule has 1 aliphatic carbocycles. The van der Waals surface area contributed by atoms with Crippen LogP contribution in [0.3, 0.4) is 0 Å². The molecular weight excluding hydrogens is 246 g/mol. The van der Waals surface area contributed by atoms with E-state index >= 15 is 0 Å². The van der Waals surface area contributed by atoms with Gasteiger partial charge in [0.15, 0.2) is 0 Å². The molecule has 5 nitrogen and oxygen atoms in total. The van der Waals surface area contributed by atoms with E-state index in [-0.39, 0.29) is 24.5 Å². The number of carbonyl (C=O) groups excluding carboxylic acids is 1. The molecule has 1 N–H and O–H groups in total. The van der Waals surface area contributed by atoms with Gasteiger partial charge in [0.2, 0.25) is 0 Å². The first-order valence-electron chi connectivity index (χ1n) is 6.97. The van der Waals surface area contributed by atoms with E-state index in [9.17, 15) is 9.59 Å². The Morgan fingerprint density at radius 2 is 2.00 bits per heavy atom. The van der Waals surface area contributed by atoms with Gasteiger partial charge < -0.3 is 14.7 Å². The summed E-state index contributed by atoms with van der Waals surface area (Å²) in [4.78, 5) is 24.8. The zero-order valence-corrected chi connectivity index (χ0v) is 11.9. The topological polar surface area (TPSA) is 66.8 Å². The van der Waals surface area contributed by atoms with Crippen molar-refractivity contribution in [3.8, 4) is 0 Å². The van der Waals surface area contributed by atoms with Crippen LogP contribution in [0, 0.1) is 11.8 Å². The third kappa shape index (κ3) is 3.39. The number of carboxylic acid groups (broad SMARTS) is 1. The van der Waals surface area contributed by atoms with Gasteiger partial charge >= 0.3 is 12.1 Å². The summed E-state index contributed by atoms with van der Waals surface area (Å²) in [7, 11) is 0. The Kier molecular flexibility index (Phi) is 3.74. The lowest BCUT2D eigenvalue weighted by molar-refractivity contribution is -0.138. The van der Waals surface area contributed by atoms with Crippen LogP contribution >= 0.6 is 0 Å². The summed E-state index contributed by atoms with van der Waals surface area (Å²) in [6.45, 7) is 6.23. The molecule has 1 aliphatic heterocycles. The molecule has 1 saturated heterocycles. The number of carboxylic acids is 1. The number of fused-ring (bicyclic) bond motifs is 2. The summed E-state index contributed by atoms with van der Waals surface area (Å²) in [6.07, 6.45) is 2.70. The number of rotatable bonds is 2. The van der Waals surface area contributed by atoms with E-state index in [1.807, 2.05) is 20.8 Å². The molecule has 3 unspecified atom stereocenters. The third-order valence-corrected chi connectivity index (χ3v) is 4.05. The highest BCUT2D eigenvalue weighted by Gasteiger charge is 2.44. The molecule has 0 aromatic rings. The van der Waals surface area contributed by atoms with Crippen molar-refractivity contribution in [2.75, 3.05) is 6.54 Å². The summed E-state index contributed by atoms with van der Waals surface area (Å²) in [5, 5.41) is 8.92. The summed E-state index contributed by atoms with van der Waals surface area (Å²) >= 11 is 0. The van der Waals surface area contributed by atoms with Crippen LogP contribution in [0.15, 0.2) is 0 Å². The molecule has 2 aliphatic rings. The van der Waals surface area contributed by atoms with Crippen molar-refractivity contribution in [2.24, 2.45) is 11.8 Å². The second-order valence-electron chi connectivity index (χ2n) is 6.72. The smallest absolute Gasteiger partial charge is 0.410 e. The molecule has 2 rings (SSSR count). The van der Waals surface area contributed by atoms with E-state index in [0.717, 1.165) is 19.3 Å². The van der Waals surface area contributed by atoms with Gasteiger partial charge in [0.1, 0.15) is 5.60 Å². The van der Waals surface area contributed by atoms with Crippen LogP contribution in [-0.4, -0.2) is 40.3 Å². The van der Waals surface area contributed by atoms with Crippen LogP contribution in [0.2, 0.25) is 0 Å². The molecule has 108 valence electrons. The number of carbonyl (C=O) groups is 2. The van der Waals surface area contributed by atoms with Crippen molar-refractivity contribution >= 4 is 12.1 Å². The first kappa shape index (κ1) is 14.2. The first-order valence-corrected chi connectivity index (χ1v) is 6.97. The van der Waals surface area contributed by atoms with E-state index in [4.69, 9.17) is 9.84 Å². The predicted octanol–water partition coefficient (Wildman–Crippen LogP) is 2.50. The predicted molar refractivity (Wildman–Crippen MR) is 69.8 cm³/mol. The number of aliphatic carboxylic acids is 1. The maximum atomic E-state index is 12.1. The molecule has 2 bridgehead atoms. The second-order valence-corrected chi connectivity index (χ2v) is 6.72. The van der Waals surface area contributed by atoms with Gasteiger partial charge in [0.25, 0.3) is 0 Å². The maximum Gasteiger partial charge on any atom is 0.410 e. The molecule has 5 heteroatoms. The molecule has 0 aromatic carbocycles. The lowest BCUT2D eigenvalue weighted by atomic mass is 9.78. The molecule has 1 heterocycles. The van der Waals surface area contributed by atoms with E-state index in [1.165, 1.54) is 0 Å². The Labute approximate surface area is 113 Å². The van der Waals surface area contributed by atoms with Gasteiger partial charge in [0, 0.05) is 19.0 Å². The fourth-order valence-electron chi connectivity index (χ4n) is 3.25. The molecule has 19 heavy (non-hydrogen) atoms. The Morgan fingerprint density at radius 3 is 2.58 bits per heavy atom. The lowest BCUT2D eigenvalue weighted by Crippen LogP contribution is -2.39. The Morgan fingerprint density at radius 1 is 1.32 bits per heavy atom. The largest absolute Gasteiger partial charge is 0.481 e. The SMILES string of the molecule is CC(C)(C)OC(=O)N1CC2CC1CCC2CC(=O)O. The normalized spacial score (nSPS) is 30.3. The van der Waals surface area contributed by atoms with Crippen LogP contribution in [0.1, 0.15) is 46.5 Å². The van der Waals surface area contributed by atoms with Gasteiger partial charge in [-0.1, -0.05) is 0 Å². The van der Waals surface area contributed by atoms with E-state index in [0.29, 0.717) is 12.5 Å². The minimum Gasteiger partial charge on any atom is -0.481 e. The molecule has 0 aromatic heterocycles. The number of ether oxygens (including phenoxy) is 1. The fourth-order valence-corrected chi connectivity index (χ4v) is 3.25. The van der Waals surface area contributed by atoms with Gasteiger partial charge in [-0.3, -0.25) is 4.79 Å². The standard InChI is InChI=1S/C14H23NO4/c1-14(2,3)19-13(18)15-8-10-6-11(15)5-4-9(10)7-12(16)17/h9-11H,4-8H2,1-3H3,(H,16,17). The van der Waals surface area contributed by atoms with Gasteiger partial charge in [-0.25, -0.2) is 4.79 Å². The Hall–Kier alpha value is -1.26. The summed E-state index contributed by atoms with van der Waals surface area (Å²) in [5.74, 6) is -0.206. The number of nitrogens with zero attached hydrogens (tertiary/aromatic N) is 1. The molecular formula is C14H23NO4. The number of likely N-dealkylation sites (tertiary alicyclic amines) is 1. The minimum absolute atomic E-state index is 0.209. The van der Waals surface area contributed by atoms with Crippen LogP contribution < -0.4 is 0 Å². The second kappa shape index (κ2) is 5.02. The van der Waals surface area contributed by atoms with Gasteiger partial charge in [0.05, 0.1) is 0 Å². The van der Waals surface area contributed by atoms with Crippen molar-refractivity contribution in [2.45, 2.75) is 58.1 Å². The highest BCUT2D eigenvalue weighted by Crippen LogP contribution is 2.41. The van der Waals surface area contributed by atoms with Crippen molar-refractivity contribution in [3.05, 3.63) is 0 Å². The van der Waals surface area contributed by atoms with E-state index < -0.39 is 11.6 Å². The van der Waals surface area contributed by atoms with Crippen molar-refractivity contribution in [1.82, 2.24) is 4.90 Å². The zero-order valence-electron chi connectivity index (χ0n) is 11.9. The maximum absolute atomic E-state index is 12.1. The fraction of sp³-hybridized carbons (Fsp3) is 0.857. The summed E-state index contributed by atoms with van der Waals surface area (Å²) in [6, 6.07) is 0.241. The quantitative estimate of drug-likeness (QED) is 0.836. The number of hydrogen-bond acceptors (Lipinski definition) is 3. The first-order chi connectivity index (χ1) is 8.76. The monoisotopic (exact) mass is 269 g/mol. The van der Waals surface area contributed by atoms with Crippen LogP contribution in [0.4, 0.5) is 4.79 Å². The van der Waals surface area contributed by atoms with Gasteiger partial charge in [-0.15, -0.1) is 0 Å². The zero-order chi connectivity index (χ0) is 14.2. The van der Waals surface area contributed by atoms with E-state index in [2.05, 4.69) is 0 Å². The van der Waals surface area contributed by atoms with Gasteiger partial charge in [-0.2, -0.15) is 0 Å². The molecule has 1 amide bonds.